The molecule has 12 heavy (non-hydrogen) atoms. The van der Waals surface area contributed by atoms with Crippen molar-refractivity contribution in [3.8, 4) is 0 Å². The summed E-state index contributed by atoms with van der Waals surface area (Å²) in [6.45, 7) is 0. The van der Waals surface area contributed by atoms with Gasteiger partial charge in [0.2, 0.25) is 0 Å². The van der Waals surface area contributed by atoms with E-state index in [1.165, 1.54) is 0 Å². The van der Waals surface area contributed by atoms with E-state index in [9.17, 15) is 8.42 Å². The summed E-state index contributed by atoms with van der Waals surface area (Å²) in [6, 6.07) is 0. The Balaban J connectivity index is 2.36. The highest BCUT2D eigenvalue weighted by atomic mass is 35.5. The van der Waals surface area contributed by atoms with E-state index in [1.54, 1.807) is 0 Å². The SMILES string of the molecule is CS(=O)(=O)OC1CCC(Cl)CC1. The second kappa shape index (κ2) is 3.94. The maximum atomic E-state index is 10.7. The van der Waals surface area contributed by atoms with Crippen molar-refractivity contribution in [1.82, 2.24) is 0 Å². The van der Waals surface area contributed by atoms with Gasteiger partial charge in [-0.05, 0) is 25.7 Å². The van der Waals surface area contributed by atoms with Gasteiger partial charge in [-0.2, -0.15) is 8.42 Å². The standard InChI is InChI=1S/C7H13ClO3S/c1-12(9,10)11-7-4-2-6(8)3-5-7/h6-7H,2-5H2,1H3. The number of halogens is 1. The van der Waals surface area contributed by atoms with Crippen LogP contribution in [-0.4, -0.2) is 26.2 Å². The maximum absolute atomic E-state index is 10.7. The highest BCUT2D eigenvalue weighted by molar-refractivity contribution is 7.86. The molecule has 1 rings (SSSR count). The van der Waals surface area contributed by atoms with Crippen molar-refractivity contribution in [1.29, 1.82) is 0 Å². The van der Waals surface area contributed by atoms with Crippen LogP contribution in [0.5, 0.6) is 0 Å². The Bertz CT molecular complexity index is 229. The van der Waals surface area contributed by atoms with E-state index in [0.29, 0.717) is 0 Å². The van der Waals surface area contributed by atoms with E-state index in [2.05, 4.69) is 0 Å². The van der Waals surface area contributed by atoms with Crippen LogP contribution in [0.2, 0.25) is 0 Å². The minimum atomic E-state index is -3.28. The molecular formula is C7H13ClO3S. The second-order valence-corrected chi connectivity index (χ2v) is 5.39. The third-order valence-corrected chi connectivity index (χ3v) is 2.97. The van der Waals surface area contributed by atoms with Crippen LogP contribution < -0.4 is 0 Å². The van der Waals surface area contributed by atoms with Crippen molar-refractivity contribution in [2.24, 2.45) is 0 Å². The lowest BCUT2D eigenvalue weighted by Gasteiger charge is -2.23. The van der Waals surface area contributed by atoms with E-state index >= 15 is 0 Å². The summed E-state index contributed by atoms with van der Waals surface area (Å²) in [7, 11) is -3.28. The minimum Gasteiger partial charge on any atom is -0.267 e. The average molecular weight is 213 g/mol. The molecule has 0 atom stereocenters. The zero-order valence-corrected chi connectivity index (χ0v) is 8.57. The third kappa shape index (κ3) is 3.74. The Labute approximate surface area is 78.2 Å². The molecule has 1 aliphatic rings. The van der Waals surface area contributed by atoms with Crippen molar-refractivity contribution in [2.75, 3.05) is 6.26 Å². The van der Waals surface area contributed by atoms with E-state index < -0.39 is 10.1 Å². The van der Waals surface area contributed by atoms with Gasteiger partial charge in [-0.3, -0.25) is 4.18 Å². The van der Waals surface area contributed by atoms with Gasteiger partial charge >= 0.3 is 0 Å². The number of rotatable bonds is 2. The van der Waals surface area contributed by atoms with Gasteiger partial charge in [0, 0.05) is 5.38 Å². The van der Waals surface area contributed by atoms with Crippen LogP contribution >= 0.6 is 11.6 Å². The van der Waals surface area contributed by atoms with Crippen molar-refractivity contribution >= 4 is 21.7 Å². The highest BCUT2D eigenvalue weighted by Gasteiger charge is 2.22. The first-order valence-corrected chi connectivity index (χ1v) is 6.25. The normalized spacial score (nSPS) is 31.8. The van der Waals surface area contributed by atoms with E-state index in [4.69, 9.17) is 15.8 Å². The molecule has 0 heterocycles. The molecule has 0 aromatic carbocycles. The van der Waals surface area contributed by atoms with E-state index in [1.807, 2.05) is 0 Å². The summed E-state index contributed by atoms with van der Waals surface area (Å²) in [6.07, 6.45) is 4.14. The largest absolute Gasteiger partial charge is 0.267 e. The summed E-state index contributed by atoms with van der Waals surface area (Å²) in [5.74, 6) is 0. The molecule has 0 aromatic heterocycles. The van der Waals surface area contributed by atoms with Crippen LogP contribution in [-0.2, 0) is 14.3 Å². The Morgan fingerprint density at radius 1 is 1.25 bits per heavy atom. The van der Waals surface area contributed by atoms with Gasteiger partial charge in [-0.25, -0.2) is 0 Å². The minimum absolute atomic E-state index is 0.144. The smallest absolute Gasteiger partial charge is 0.264 e. The number of hydrogen-bond donors (Lipinski definition) is 0. The topological polar surface area (TPSA) is 43.4 Å². The van der Waals surface area contributed by atoms with Crippen LogP contribution in [0.25, 0.3) is 0 Å². The van der Waals surface area contributed by atoms with Crippen LogP contribution in [0.4, 0.5) is 0 Å². The summed E-state index contributed by atoms with van der Waals surface area (Å²) < 4.78 is 26.3. The molecule has 72 valence electrons. The van der Waals surface area contributed by atoms with Crippen LogP contribution in [0.1, 0.15) is 25.7 Å². The van der Waals surface area contributed by atoms with Gasteiger partial charge in [-0.15, -0.1) is 11.6 Å². The van der Waals surface area contributed by atoms with Gasteiger partial charge in [0.15, 0.2) is 0 Å². The number of hydrogen-bond acceptors (Lipinski definition) is 3. The van der Waals surface area contributed by atoms with E-state index in [0.717, 1.165) is 31.9 Å². The fourth-order valence-corrected chi connectivity index (χ4v) is 2.30. The van der Waals surface area contributed by atoms with Crippen molar-refractivity contribution < 1.29 is 12.6 Å². The molecule has 3 nitrogen and oxygen atoms in total. The molecule has 0 aromatic rings. The molecule has 1 aliphatic carbocycles. The monoisotopic (exact) mass is 212 g/mol. The van der Waals surface area contributed by atoms with Gasteiger partial charge in [0.25, 0.3) is 10.1 Å². The molecule has 5 heteroatoms. The molecule has 1 saturated carbocycles. The first-order valence-electron chi connectivity index (χ1n) is 4.00. The molecule has 0 amide bonds. The van der Waals surface area contributed by atoms with Gasteiger partial charge in [-0.1, -0.05) is 0 Å². The lowest BCUT2D eigenvalue weighted by Crippen LogP contribution is -2.24. The molecule has 0 bridgehead atoms. The predicted molar refractivity (Wildman–Crippen MR) is 47.8 cm³/mol. The molecule has 0 unspecified atom stereocenters. The first-order chi connectivity index (χ1) is 5.47. The molecule has 0 radical (unpaired) electrons. The number of alkyl halides is 1. The van der Waals surface area contributed by atoms with E-state index in [-0.39, 0.29) is 11.5 Å². The summed E-state index contributed by atoms with van der Waals surface area (Å²) in [5.41, 5.74) is 0. The van der Waals surface area contributed by atoms with Gasteiger partial charge in [0.05, 0.1) is 12.4 Å². The Morgan fingerprint density at radius 2 is 1.75 bits per heavy atom. The summed E-state index contributed by atoms with van der Waals surface area (Å²) >= 11 is 5.85. The molecule has 0 N–H and O–H groups in total. The summed E-state index contributed by atoms with van der Waals surface area (Å²) in [4.78, 5) is 0. The zero-order valence-electron chi connectivity index (χ0n) is 6.99. The van der Waals surface area contributed by atoms with Crippen LogP contribution in [0.15, 0.2) is 0 Å². The van der Waals surface area contributed by atoms with Gasteiger partial charge < -0.3 is 0 Å². The fraction of sp³-hybridized carbons (Fsp3) is 1.00. The molecule has 1 fully saturated rings. The van der Waals surface area contributed by atoms with Crippen molar-refractivity contribution in [2.45, 2.75) is 37.2 Å². The van der Waals surface area contributed by atoms with Crippen molar-refractivity contribution in [3.05, 3.63) is 0 Å². The lowest BCUT2D eigenvalue weighted by atomic mass is 9.98. The maximum Gasteiger partial charge on any atom is 0.264 e. The second-order valence-electron chi connectivity index (χ2n) is 3.17. The van der Waals surface area contributed by atoms with Crippen LogP contribution in [0, 0.1) is 0 Å². The predicted octanol–water partition coefficient (Wildman–Crippen LogP) is 1.51. The highest BCUT2D eigenvalue weighted by Crippen LogP contribution is 2.25. The summed E-state index contributed by atoms with van der Waals surface area (Å²) in [5, 5.41) is 0.199. The quantitative estimate of drug-likeness (QED) is 0.515. The first kappa shape index (κ1) is 10.3. The Kier molecular flexibility index (Phi) is 3.37. The zero-order chi connectivity index (χ0) is 9.19. The average Bonchev–Trinajstić information content (AvgIpc) is 1.91. The van der Waals surface area contributed by atoms with Crippen LogP contribution in [0.3, 0.4) is 0 Å². The molecule has 0 saturated heterocycles. The van der Waals surface area contributed by atoms with Gasteiger partial charge in [0.1, 0.15) is 0 Å². The fourth-order valence-electron chi connectivity index (χ4n) is 1.37. The Hall–Kier alpha value is 0.200. The Morgan fingerprint density at radius 3 is 2.17 bits per heavy atom. The molecule has 0 aliphatic heterocycles. The van der Waals surface area contributed by atoms with Crippen molar-refractivity contribution in [3.63, 3.8) is 0 Å². The molecule has 0 spiro atoms. The third-order valence-electron chi connectivity index (χ3n) is 1.91. The molecular weight excluding hydrogens is 200 g/mol. The lowest BCUT2D eigenvalue weighted by molar-refractivity contribution is 0.165.